The second-order valence-electron chi connectivity index (χ2n) is 6.74. The first-order chi connectivity index (χ1) is 14.3. The fourth-order valence-electron chi connectivity index (χ4n) is 3.15. The molecule has 1 aliphatic heterocycles. The largest absolute Gasteiger partial charge is 0.496 e. The van der Waals surface area contributed by atoms with Gasteiger partial charge in [-0.25, -0.2) is 12.8 Å². The zero-order valence-corrected chi connectivity index (χ0v) is 18.2. The van der Waals surface area contributed by atoms with Crippen molar-refractivity contribution in [1.82, 2.24) is 9.21 Å². The summed E-state index contributed by atoms with van der Waals surface area (Å²) in [7, 11) is -0.930. The second kappa shape index (κ2) is 9.30. The zero-order chi connectivity index (χ0) is 21.9. The van der Waals surface area contributed by atoms with Gasteiger partial charge in [0.2, 0.25) is 10.0 Å². The number of hydrogen-bond acceptors (Lipinski definition) is 5. The van der Waals surface area contributed by atoms with Crippen molar-refractivity contribution in [2.24, 2.45) is 0 Å². The Bertz CT molecular complexity index is 1020. The molecule has 0 bridgehead atoms. The molecule has 0 spiro atoms. The minimum atomic E-state index is -3.80. The molecule has 1 saturated heterocycles. The summed E-state index contributed by atoms with van der Waals surface area (Å²) in [6.45, 7) is 1.02. The Morgan fingerprint density at radius 2 is 1.97 bits per heavy atom. The lowest BCUT2D eigenvalue weighted by Gasteiger charge is -2.26. The smallest absolute Gasteiger partial charge is 0.257 e. The first kappa shape index (κ1) is 22.5. The molecule has 1 fully saturated rings. The highest BCUT2D eigenvalue weighted by atomic mass is 35.5. The third-order valence-electron chi connectivity index (χ3n) is 4.81. The Hall–Kier alpha value is -2.20. The van der Waals surface area contributed by atoms with E-state index in [1.165, 1.54) is 59.8 Å². The highest BCUT2D eigenvalue weighted by Gasteiger charge is 2.28. The third kappa shape index (κ3) is 4.59. The van der Waals surface area contributed by atoms with Gasteiger partial charge < -0.3 is 14.4 Å². The van der Waals surface area contributed by atoms with E-state index in [4.69, 9.17) is 21.1 Å². The van der Waals surface area contributed by atoms with Gasteiger partial charge in [-0.2, -0.15) is 4.31 Å². The van der Waals surface area contributed by atoms with Gasteiger partial charge in [0.1, 0.15) is 11.6 Å². The monoisotopic (exact) mass is 456 g/mol. The van der Waals surface area contributed by atoms with Crippen LogP contribution < -0.4 is 4.74 Å². The molecule has 0 aliphatic carbocycles. The number of methoxy groups -OCH3 is 1. The van der Waals surface area contributed by atoms with Gasteiger partial charge in [0.05, 0.1) is 30.8 Å². The number of halogens is 2. The normalized spacial score (nSPS) is 15.1. The molecule has 3 rings (SSSR count). The highest BCUT2D eigenvalue weighted by Crippen LogP contribution is 2.27. The Morgan fingerprint density at radius 1 is 1.27 bits per heavy atom. The van der Waals surface area contributed by atoms with Crippen molar-refractivity contribution in [3.63, 3.8) is 0 Å². The molecule has 0 unspecified atom stereocenters. The van der Waals surface area contributed by atoms with Crippen LogP contribution in [0.15, 0.2) is 41.3 Å². The van der Waals surface area contributed by atoms with Crippen LogP contribution >= 0.6 is 11.6 Å². The maximum Gasteiger partial charge on any atom is 0.257 e. The van der Waals surface area contributed by atoms with E-state index in [9.17, 15) is 17.6 Å². The number of carbonyl (C=O) groups excluding carboxylic acids is 1. The van der Waals surface area contributed by atoms with Crippen molar-refractivity contribution in [3.05, 3.63) is 58.4 Å². The molecule has 1 amide bonds. The molecule has 1 aliphatic rings. The molecule has 162 valence electrons. The van der Waals surface area contributed by atoms with Crippen LogP contribution in [-0.4, -0.2) is 64.0 Å². The summed E-state index contributed by atoms with van der Waals surface area (Å²) in [5, 5.41) is 0.199. The van der Waals surface area contributed by atoms with Gasteiger partial charge >= 0.3 is 0 Å². The average Bonchev–Trinajstić information content (AvgIpc) is 2.75. The highest BCUT2D eigenvalue weighted by molar-refractivity contribution is 7.89. The van der Waals surface area contributed by atoms with Gasteiger partial charge in [-0.15, -0.1) is 0 Å². The minimum absolute atomic E-state index is 0.0223. The lowest BCUT2D eigenvalue weighted by molar-refractivity contribution is 0.0730. The van der Waals surface area contributed by atoms with Crippen LogP contribution in [0.25, 0.3) is 0 Å². The van der Waals surface area contributed by atoms with E-state index in [0.29, 0.717) is 13.2 Å². The summed E-state index contributed by atoms with van der Waals surface area (Å²) < 4.78 is 51.8. The Balaban J connectivity index is 1.92. The number of ether oxygens (including phenoxy) is 2. The predicted octanol–water partition coefficient (Wildman–Crippen LogP) is 2.78. The van der Waals surface area contributed by atoms with Crippen LogP contribution in [0.5, 0.6) is 5.75 Å². The van der Waals surface area contributed by atoms with E-state index in [-0.39, 0.29) is 46.4 Å². The van der Waals surface area contributed by atoms with Gasteiger partial charge in [0.25, 0.3) is 5.91 Å². The molecule has 0 aromatic heterocycles. The molecule has 1 heterocycles. The van der Waals surface area contributed by atoms with E-state index in [2.05, 4.69) is 0 Å². The molecule has 0 N–H and O–H groups in total. The average molecular weight is 457 g/mol. The van der Waals surface area contributed by atoms with Gasteiger partial charge in [0.15, 0.2) is 0 Å². The van der Waals surface area contributed by atoms with E-state index >= 15 is 0 Å². The number of benzene rings is 2. The first-order valence-electron chi connectivity index (χ1n) is 9.20. The van der Waals surface area contributed by atoms with Crippen LogP contribution in [0.2, 0.25) is 5.02 Å². The zero-order valence-electron chi connectivity index (χ0n) is 16.6. The predicted molar refractivity (Wildman–Crippen MR) is 110 cm³/mol. The van der Waals surface area contributed by atoms with E-state index in [1.807, 2.05) is 0 Å². The van der Waals surface area contributed by atoms with Crippen LogP contribution in [0, 0.1) is 5.82 Å². The van der Waals surface area contributed by atoms with Crippen molar-refractivity contribution >= 4 is 27.5 Å². The van der Waals surface area contributed by atoms with Crippen LogP contribution in [0.3, 0.4) is 0 Å². The topological polar surface area (TPSA) is 76.1 Å². The Morgan fingerprint density at radius 3 is 2.60 bits per heavy atom. The summed E-state index contributed by atoms with van der Waals surface area (Å²) in [5.74, 6) is -0.838. The molecule has 2 aromatic rings. The number of sulfonamides is 1. The van der Waals surface area contributed by atoms with Crippen LogP contribution in [0.4, 0.5) is 4.39 Å². The molecule has 0 saturated carbocycles. The number of nitrogens with zero attached hydrogens (tertiary/aromatic N) is 2. The molecular formula is C20H22ClFN2O5S. The third-order valence-corrected chi connectivity index (χ3v) is 7.06. The molecule has 7 nitrogen and oxygen atoms in total. The van der Waals surface area contributed by atoms with E-state index in [0.717, 1.165) is 0 Å². The number of rotatable bonds is 6. The van der Waals surface area contributed by atoms with Gasteiger partial charge in [-0.05, 0) is 30.3 Å². The second-order valence-corrected chi connectivity index (χ2v) is 9.09. The fraction of sp³-hybridized carbons (Fsp3) is 0.350. The van der Waals surface area contributed by atoms with Gasteiger partial charge in [-0.3, -0.25) is 4.79 Å². The molecule has 2 aromatic carbocycles. The summed E-state index contributed by atoms with van der Waals surface area (Å²) >= 11 is 6.06. The van der Waals surface area contributed by atoms with Crippen molar-refractivity contribution in [2.75, 3.05) is 40.5 Å². The molecule has 0 radical (unpaired) electrons. The van der Waals surface area contributed by atoms with Gasteiger partial charge in [0, 0.05) is 37.3 Å². The fourth-order valence-corrected chi connectivity index (χ4v) is 4.81. The quantitative estimate of drug-likeness (QED) is 0.668. The Kier molecular flexibility index (Phi) is 6.97. The van der Waals surface area contributed by atoms with Gasteiger partial charge in [-0.1, -0.05) is 17.7 Å². The standard InChI is InChI=1S/C20H22ClFN2O5S/c1-23(13-16-17(21)4-3-5-18(16)22)20(25)15-12-14(6-7-19(15)28-2)30(26,27)24-8-10-29-11-9-24/h3-7,12H,8-11,13H2,1-2H3. The van der Waals surface area contributed by atoms with Crippen molar-refractivity contribution in [2.45, 2.75) is 11.4 Å². The summed E-state index contributed by atoms with van der Waals surface area (Å²) in [6, 6.07) is 8.39. The minimum Gasteiger partial charge on any atom is -0.496 e. The maximum absolute atomic E-state index is 14.1. The molecule has 30 heavy (non-hydrogen) atoms. The summed E-state index contributed by atoms with van der Waals surface area (Å²) in [5.41, 5.74) is 0.230. The Labute approximate surface area is 180 Å². The molecular weight excluding hydrogens is 435 g/mol. The van der Waals surface area contributed by atoms with Crippen LogP contribution in [0.1, 0.15) is 15.9 Å². The maximum atomic E-state index is 14.1. The number of amides is 1. The molecule has 10 heteroatoms. The first-order valence-corrected chi connectivity index (χ1v) is 11.0. The van der Waals surface area contributed by atoms with Crippen molar-refractivity contribution in [1.29, 1.82) is 0 Å². The number of carbonyl (C=O) groups is 1. The van der Waals surface area contributed by atoms with Crippen LogP contribution in [-0.2, 0) is 21.3 Å². The lowest BCUT2D eigenvalue weighted by atomic mass is 10.1. The van der Waals surface area contributed by atoms with E-state index < -0.39 is 21.7 Å². The number of morpholine rings is 1. The summed E-state index contributed by atoms with van der Waals surface area (Å²) in [4.78, 5) is 14.3. The van der Waals surface area contributed by atoms with Crippen molar-refractivity contribution < 1.29 is 27.1 Å². The molecule has 0 atom stereocenters. The van der Waals surface area contributed by atoms with E-state index in [1.54, 1.807) is 0 Å². The number of hydrogen-bond donors (Lipinski definition) is 0. The summed E-state index contributed by atoms with van der Waals surface area (Å²) in [6.07, 6.45) is 0. The lowest BCUT2D eigenvalue weighted by Crippen LogP contribution is -2.40. The van der Waals surface area contributed by atoms with Crippen molar-refractivity contribution in [3.8, 4) is 5.75 Å². The SMILES string of the molecule is COc1ccc(S(=O)(=O)N2CCOCC2)cc1C(=O)N(C)Cc1c(F)cccc1Cl.